The Morgan fingerprint density at radius 1 is 1.06 bits per heavy atom. The first-order valence-corrected chi connectivity index (χ1v) is 11.3. The van der Waals surface area contributed by atoms with E-state index in [0.717, 1.165) is 12.8 Å². The summed E-state index contributed by atoms with van der Waals surface area (Å²) in [5.41, 5.74) is 1.68. The predicted molar refractivity (Wildman–Crippen MR) is 128 cm³/mol. The van der Waals surface area contributed by atoms with Crippen LogP contribution in [0.25, 0.3) is 16.9 Å². The zero-order valence-electron chi connectivity index (χ0n) is 18.0. The molecule has 0 spiro atoms. The number of Topliss-reactive ketones (excluding diaryl/α,β-unsaturated/α-hetero) is 1. The quantitative estimate of drug-likeness (QED) is 0.335. The van der Waals surface area contributed by atoms with Crippen LogP contribution in [0.2, 0.25) is 5.02 Å². The molecule has 1 fully saturated rings. The fraction of sp³-hybridized carbons (Fsp3) is 0.154. The van der Waals surface area contributed by atoms with E-state index in [1.54, 1.807) is 12.1 Å². The van der Waals surface area contributed by atoms with Crippen LogP contribution in [0.5, 0.6) is 0 Å². The minimum absolute atomic E-state index is 0.0571. The highest BCUT2D eigenvalue weighted by atomic mass is 35.5. The lowest BCUT2D eigenvalue weighted by atomic mass is 10.1. The third-order valence-electron chi connectivity index (χ3n) is 5.65. The van der Waals surface area contributed by atoms with Crippen LogP contribution in [0.15, 0.2) is 72.9 Å². The standard InChI is InChI=1S/C26H20ClFN4O2/c27-20-11-10-17(25-21(28)7-4-12-29-25)14-19(20)26(34)30-24-15-22(23(33)13-16-8-9-16)31-32(24)18-5-2-1-3-6-18/h1-7,10-12,14-16H,8-9,13H2,(H,30,34). The van der Waals surface area contributed by atoms with Crippen LogP contribution in [0.4, 0.5) is 10.2 Å². The van der Waals surface area contributed by atoms with Crippen molar-refractivity contribution in [3.63, 3.8) is 0 Å². The largest absolute Gasteiger partial charge is 0.306 e. The Morgan fingerprint density at radius 3 is 2.59 bits per heavy atom. The van der Waals surface area contributed by atoms with Crippen LogP contribution in [-0.2, 0) is 0 Å². The molecule has 1 N–H and O–H groups in total. The first-order chi connectivity index (χ1) is 16.5. The Labute approximate surface area is 200 Å². The van der Waals surface area contributed by atoms with Crippen LogP contribution in [0.3, 0.4) is 0 Å². The van der Waals surface area contributed by atoms with Gasteiger partial charge in [-0.2, -0.15) is 5.10 Å². The summed E-state index contributed by atoms with van der Waals surface area (Å²) in [7, 11) is 0. The molecular weight excluding hydrogens is 455 g/mol. The van der Waals surface area contributed by atoms with Crippen LogP contribution < -0.4 is 5.32 Å². The number of hydrogen-bond acceptors (Lipinski definition) is 4. The van der Waals surface area contributed by atoms with Crippen molar-refractivity contribution >= 4 is 29.1 Å². The average molecular weight is 475 g/mol. The molecule has 8 heteroatoms. The molecule has 1 aliphatic carbocycles. The fourth-order valence-electron chi connectivity index (χ4n) is 3.69. The van der Waals surface area contributed by atoms with Gasteiger partial charge in [-0.15, -0.1) is 0 Å². The lowest BCUT2D eigenvalue weighted by Gasteiger charge is -2.11. The first kappa shape index (κ1) is 22.0. The third kappa shape index (κ3) is 4.61. The van der Waals surface area contributed by atoms with Gasteiger partial charge in [-0.1, -0.05) is 35.9 Å². The highest BCUT2D eigenvalue weighted by molar-refractivity contribution is 6.34. The van der Waals surface area contributed by atoms with E-state index in [2.05, 4.69) is 15.4 Å². The Morgan fingerprint density at radius 2 is 1.85 bits per heavy atom. The molecule has 4 aromatic rings. The molecule has 0 unspecified atom stereocenters. The van der Waals surface area contributed by atoms with Crippen LogP contribution in [-0.4, -0.2) is 26.5 Å². The van der Waals surface area contributed by atoms with Gasteiger partial charge < -0.3 is 5.32 Å². The molecule has 1 aliphatic rings. The van der Waals surface area contributed by atoms with E-state index in [1.807, 2.05) is 30.3 Å². The number of pyridine rings is 1. The van der Waals surface area contributed by atoms with Crippen molar-refractivity contribution in [2.45, 2.75) is 19.3 Å². The maximum atomic E-state index is 14.2. The summed E-state index contributed by atoms with van der Waals surface area (Å²) in [5.74, 6) is -0.321. The molecule has 0 radical (unpaired) electrons. The number of rotatable bonds is 7. The number of nitrogens with one attached hydrogen (secondary N) is 1. The fourth-order valence-corrected chi connectivity index (χ4v) is 3.89. The number of benzene rings is 2. The van der Waals surface area contributed by atoms with Gasteiger partial charge in [0.2, 0.25) is 0 Å². The Balaban J connectivity index is 1.48. The molecule has 0 aliphatic heterocycles. The number of hydrogen-bond donors (Lipinski definition) is 1. The smallest absolute Gasteiger partial charge is 0.258 e. The van der Waals surface area contributed by atoms with E-state index in [-0.39, 0.29) is 22.1 Å². The maximum Gasteiger partial charge on any atom is 0.258 e. The zero-order chi connectivity index (χ0) is 23.7. The molecule has 34 heavy (non-hydrogen) atoms. The van der Waals surface area contributed by atoms with E-state index >= 15 is 0 Å². The minimum atomic E-state index is -0.513. The topological polar surface area (TPSA) is 76.9 Å². The molecular formula is C26H20ClFN4O2. The Hall–Kier alpha value is -3.84. The molecule has 6 nitrogen and oxygen atoms in total. The summed E-state index contributed by atoms with van der Waals surface area (Å²) in [6, 6.07) is 18.2. The number of carbonyl (C=O) groups excluding carboxylic acids is 2. The van der Waals surface area contributed by atoms with E-state index in [9.17, 15) is 14.0 Å². The lowest BCUT2D eigenvalue weighted by molar-refractivity contribution is 0.0969. The third-order valence-corrected chi connectivity index (χ3v) is 5.98. The van der Waals surface area contributed by atoms with Gasteiger partial charge in [0.05, 0.1) is 16.3 Å². The SMILES string of the molecule is O=C(CC1CC1)c1cc(NC(=O)c2cc(-c3ncccc3F)ccc2Cl)n(-c2ccccc2)n1. The second kappa shape index (κ2) is 9.19. The first-order valence-electron chi connectivity index (χ1n) is 10.9. The van der Waals surface area contributed by atoms with Crippen molar-refractivity contribution in [1.82, 2.24) is 14.8 Å². The van der Waals surface area contributed by atoms with Crippen LogP contribution in [0.1, 0.15) is 40.1 Å². The summed E-state index contributed by atoms with van der Waals surface area (Å²) >= 11 is 6.31. The number of carbonyl (C=O) groups is 2. The van der Waals surface area contributed by atoms with Gasteiger partial charge in [0.25, 0.3) is 5.91 Å². The summed E-state index contributed by atoms with van der Waals surface area (Å²) in [4.78, 5) is 30.0. The predicted octanol–water partition coefficient (Wildman–Crippen LogP) is 5.96. The molecule has 2 aromatic carbocycles. The summed E-state index contributed by atoms with van der Waals surface area (Å²) in [6.45, 7) is 0. The van der Waals surface area contributed by atoms with Crippen molar-refractivity contribution in [1.29, 1.82) is 0 Å². The van der Waals surface area contributed by atoms with Crippen molar-refractivity contribution in [2.24, 2.45) is 5.92 Å². The van der Waals surface area contributed by atoms with Gasteiger partial charge in [0, 0.05) is 24.2 Å². The number of halogens is 2. The van der Waals surface area contributed by atoms with Gasteiger partial charge in [0.15, 0.2) is 5.78 Å². The number of amides is 1. The second-order valence-electron chi connectivity index (χ2n) is 8.22. The molecule has 2 heterocycles. The highest BCUT2D eigenvalue weighted by Crippen LogP contribution is 2.34. The van der Waals surface area contributed by atoms with Crippen molar-refractivity contribution in [3.8, 4) is 16.9 Å². The van der Waals surface area contributed by atoms with Gasteiger partial charge in [-0.3, -0.25) is 14.6 Å². The number of ketones is 1. The second-order valence-corrected chi connectivity index (χ2v) is 8.62. The summed E-state index contributed by atoms with van der Waals surface area (Å²) in [5, 5.41) is 7.48. The van der Waals surface area contributed by atoms with E-state index in [1.165, 1.54) is 35.1 Å². The highest BCUT2D eigenvalue weighted by Gasteiger charge is 2.27. The Kier molecular flexibility index (Phi) is 5.94. The van der Waals surface area contributed by atoms with Gasteiger partial charge in [-0.05, 0) is 55.2 Å². The molecule has 0 bridgehead atoms. The average Bonchev–Trinajstić information content (AvgIpc) is 3.56. The Bertz CT molecular complexity index is 1380. The van der Waals surface area contributed by atoms with Crippen LogP contribution >= 0.6 is 11.6 Å². The van der Waals surface area contributed by atoms with Gasteiger partial charge in [-0.25, -0.2) is 9.07 Å². The monoisotopic (exact) mass is 474 g/mol. The van der Waals surface area contributed by atoms with Crippen LogP contribution in [0, 0.1) is 11.7 Å². The number of anilines is 1. The molecule has 170 valence electrons. The minimum Gasteiger partial charge on any atom is -0.306 e. The molecule has 0 saturated heterocycles. The molecule has 1 amide bonds. The van der Waals surface area contributed by atoms with Crippen molar-refractivity contribution in [3.05, 3.63) is 95.0 Å². The van der Waals surface area contributed by atoms with Gasteiger partial charge >= 0.3 is 0 Å². The molecule has 0 atom stereocenters. The van der Waals surface area contributed by atoms with E-state index in [4.69, 9.17) is 11.6 Å². The summed E-state index contributed by atoms with van der Waals surface area (Å²) in [6.07, 6.45) is 4.04. The van der Waals surface area contributed by atoms with Crippen molar-refractivity contribution < 1.29 is 14.0 Å². The van der Waals surface area contributed by atoms with E-state index < -0.39 is 11.7 Å². The van der Waals surface area contributed by atoms with Crippen molar-refractivity contribution in [2.75, 3.05) is 5.32 Å². The molecule has 2 aromatic heterocycles. The summed E-state index contributed by atoms with van der Waals surface area (Å²) < 4.78 is 15.8. The van der Waals surface area contributed by atoms with E-state index in [0.29, 0.717) is 35.1 Å². The number of para-hydroxylation sites is 1. The zero-order valence-corrected chi connectivity index (χ0v) is 18.8. The van der Waals surface area contributed by atoms with Gasteiger partial charge in [0.1, 0.15) is 23.0 Å². The maximum absolute atomic E-state index is 14.2. The number of nitrogens with zero attached hydrogens (tertiary/aromatic N) is 3. The lowest BCUT2D eigenvalue weighted by Crippen LogP contribution is -2.15. The molecule has 5 rings (SSSR count). The normalized spacial score (nSPS) is 13.0. The number of aromatic nitrogens is 3. The molecule has 1 saturated carbocycles.